The third-order valence-electron chi connectivity index (χ3n) is 4.02. The normalized spacial score (nSPS) is 17.3. The minimum atomic E-state index is -0.556. The van der Waals surface area contributed by atoms with E-state index in [0.29, 0.717) is 38.3 Å². The summed E-state index contributed by atoms with van der Waals surface area (Å²) >= 11 is 0. The Balaban J connectivity index is 2.19. The smallest absolute Gasteiger partial charge is 0.271 e. The fourth-order valence-electron chi connectivity index (χ4n) is 2.80. The van der Waals surface area contributed by atoms with Crippen LogP contribution in [0.5, 0.6) is 5.75 Å². The molecule has 0 aliphatic carbocycles. The highest BCUT2D eigenvalue weighted by molar-refractivity contribution is 5.63. The van der Waals surface area contributed by atoms with Crippen LogP contribution in [-0.2, 0) is 9.47 Å². The summed E-state index contributed by atoms with van der Waals surface area (Å²) in [5.41, 5.74) is 0.794. The first kappa shape index (κ1) is 16.5. The molecule has 1 aliphatic rings. The zero-order chi connectivity index (χ0) is 16.2. The van der Waals surface area contributed by atoms with Gasteiger partial charge in [0, 0.05) is 51.8 Å². The number of methoxy groups -OCH3 is 2. The number of nitrogens with zero attached hydrogens (tertiary/aromatic N) is 2. The SMILES string of the molecule is CCOC1(OC)CCN(c2cc([N+](=O)[O-])ccc2OC)CC1. The van der Waals surface area contributed by atoms with Crippen molar-refractivity contribution in [1.82, 2.24) is 0 Å². The van der Waals surface area contributed by atoms with Gasteiger partial charge in [-0.2, -0.15) is 0 Å². The maximum atomic E-state index is 11.0. The topological polar surface area (TPSA) is 74.1 Å². The van der Waals surface area contributed by atoms with Crippen molar-refractivity contribution < 1.29 is 19.1 Å². The summed E-state index contributed by atoms with van der Waals surface area (Å²) < 4.78 is 16.6. The minimum Gasteiger partial charge on any atom is -0.495 e. The molecule has 1 heterocycles. The highest BCUT2D eigenvalue weighted by Crippen LogP contribution is 2.36. The van der Waals surface area contributed by atoms with Crippen LogP contribution in [-0.4, -0.2) is 44.6 Å². The van der Waals surface area contributed by atoms with Crippen molar-refractivity contribution in [3.63, 3.8) is 0 Å². The Labute approximate surface area is 129 Å². The molecule has 0 saturated carbocycles. The van der Waals surface area contributed by atoms with Crippen molar-refractivity contribution >= 4 is 11.4 Å². The lowest BCUT2D eigenvalue weighted by Crippen LogP contribution is -2.47. The number of rotatable bonds is 6. The number of hydrogen-bond acceptors (Lipinski definition) is 6. The molecular weight excluding hydrogens is 288 g/mol. The molecule has 1 aromatic rings. The van der Waals surface area contributed by atoms with E-state index in [4.69, 9.17) is 14.2 Å². The Morgan fingerprint density at radius 3 is 2.50 bits per heavy atom. The predicted octanol–water partition coefficient (Wildman–Crippen LogP) is 2.58. The van der Waals surface area contributed by atoms with E-state index in [9.17, 15) is 10.1 Å². The monoisotopic (exact) mass is 310 g/mol. The lowest BCUT2D eigenvalue weighted by Gasteiger charge is -2.41. The Kier molecular flexibility index (Phi) is 5.20. The molecule has 22 heavy (non-hydrogen) atoms. The molecule has 0 bridgehead atoms. The van der Waals surface area contributed by atoms with Crippen molar-refractivity contribution in [2.45, 2.75) is 25.6 Å². The van der Waals surface area contributed by atoms with E-state index in [1.807, 2.05) is 6.92 Å². The Morgan fingerprint density at radius 1 is 1.32 bits per heavy atom. The maximum Gasteiger partial charge on any atom is 0.271 e. The van der Waals surface area contributed by atoms with Gasteiger partial charge in [-0.05, 0) is 13.0 Å². The van der Waals surface area contributed by atoms with Gasteiger partial charge >= 0.3 is 0 Å². The van der Waals surface area contributed by atoms with E-state index in [1.54, 1.807) is 26.4 Å². The van der Waals surface area contributed by atoms with Gasteiger partial charge in [-0.15, -0.1) is 0 Å². The zero-order valence-electron chi connectivity index (χ0n) is 13.2. The van der Waals surface area contributed by atoms with Crippen molar-refractivity contribution in [2.75, 3.05) is 38.8 Å². The van der Waals surface area contributed by atoms with Crippen molar-refractivity contribution in [3.05, 3.63) is 28.3 Å². The Morgan fingerprint density at radius 2 is 2.00 bits per heavy atom. The summed E-state index contributed by atoms with van der Waals surface area (Å²) in [6.07, 6.45) is 1.40. The fraction of sp³-hybridized carbons (Fsp3) is 0.600. The second-order valence-electron chi connectivity index (χ2n) is 5.15. The van der Waals surface area contributed by atoms with Crippen LogP contribution in [0.4, 0.5) is 11.4 Å². The summed E-state index contributed by atoms with van der Waals surface area (Å²) in [7, 11) is 3.22. The van der Waals surface area contributed by atoms with E-state index in [2.05, 4.69) is 4.90 Å². The number of ether oxygens (including phenoxy) is 3. The molecule has 2 rings (SSSR count). The van der Waals surface area contributed by atoms with Crippen molar-refractivity contribution in [1.29, 1.82) is 0 Å². The van der Waals surface area contributed by atoms with Crippen molar-refractivity contribution in [3.8, 4) is 5.75 Å². The number of hydrogen-bond donors (Lipinski definition) is 0. The quantitative estimate of drug-likeness (QED) is 0.457. The van der Waals surface area contributed by atoms with Crippen molar-refractivity contribution in [2.24, 2.45) is 0 Å². The highest BCUT2D eigenvalue weighted by Gasteiger charge is 2.36. The molecule has 122 valence electrons. The summed E-state index contributed by atoms with van der Waals surface area (Å²) in [4.78, 5) is 12.7. The third kappa shape index (κ3) is 3.31. The standard InChI is InChI=1S/C15H22N2O5/c1-4-22-15(21-3)7-9-16(10-8-15)13-11-12(17(18)19)5-6-14(13)20-2/h5-6,11H,4,7-10H2,1-3H3. The van der Waals surface area contributed by atoms with Gasteiger partial charge in [-0.25, -0.2) is 0 Å². The van der Waals surface area contributed by atoms with E-state index < -0.39 is 10.7 Å². The van der Waals surface area contributed by atoms with Crippen LogP contribution in [0.1, 0.15) is 19.8 Å². The molecule has 0 spiro atoms. The fourth-order valence-corrected chi connectivity index (χ4v) is 2.80. The van der Waals surface area contributed by atoms with Gasteiger partial charge in [0.05, 0.1) is 17.7 Å². The summed E-state index contributed by atoms with van der Waals surface area (Å²) in [6, 6.07) is 4.64. The van der Waals surface area contributed by atoms with Gasteiger partial charge in [0.2, 0.25) is 0 Å². The van der Waals surface area contributed by atoms with Crippen LogP contribution in [0.25, 0.3) is 0 Å². The molecule has 0 N–H and O–H groups in total. The van der Waals surface area contributed by atoms with Gasteiger partial charge in [0.1, 0.15) is 5.75 Å². The molecule has 1 fully saturated rings. The average Bonchev–Trinajstić information content (AvgIpc) is 2.55. The number of non-ortho nitro benzene ring substituents is 1. The lowest BCUT2D eigenvalue weighted by molar-refractivity contribution is -0.384. The van der Waals surface area contributed by atoms with Crippen LogP contribution in [0.2, 0.25) is 0 Å². The van der Waals surface area contributed by atoms with Gasteiger partial charge in [0.25, 0.3) is 5.69 Å². The van der Waals surface area contributed by atoms with E-state index in [-0.39, 0.29) is 5.69 Å². The highest BCUT2D eigenvalue weighted by atomic mass is 16.7. The van der Waals surface area contributed by atoms with E-state index >= 15 is 0 Å². The molecule has 0 aromatic heterocycles. The van der Waals surface area contributed by atoms with Gasteiger partial charge in [-0.3, -0.25) is 10.1 Å². The van der Waals surface area contributed by atoms with Crippen LogP contribution in [0.3, 0.4) is 0 Å². The Bertz CT molecular complexity index is 527. The van der Waals surface area contributed by atoms with Crippen LogP contribution >= 0.6 is 0 Å². The number of piperidine rings is 1. The maximum absolute atomic E-state index is 11.0. The number of anilines is 1. The predicted molar refractivity (Wildman–Crippen MR) is 82.5 cm³/mol. The second-order valence-corrected chi connectivity index (χ2v) is 5.15. The first-order chi connectivity index (χ1) is 10.5. The summed E-state index contributed by atoms with van der Waals surface area (Å²) in [5, 5.41) is 11.0. The average molecular weight is 310 g/mol. The largest absolute Gasteiger partial charge is 0.495 e. The number of nitro benzene ring substituents is 1. The molecule has 1 aliphatic heterocycles. The second kappa shape index (κ2) is 6.93. The molecule has 7 heteroatoms. The van der Waals surface area contributed by atoms with Gasteiger partial charge in [0.15, 0.2) is 5.79 Å². The molecule has 1 saturated heterocycles. The van der Waals surface area contributed by atoms with E-state index in [1.165, 1.54) is 6.07 Å². The summed E-state index contributed by atoms with van der Waals surface area (Å²) in [5.74, 6) is 0.0751. The first-order valence-corrected chi connectivity index (χ1v) is 7.31. The van der Waals surface area contributed by atoms with Crippen LogP contribution < -0.4 is 9.64 Å². The van der Waals surface area contributed by atoms with Crippen LogP contribution in [0.15, 0.2) is 18.2 Å². The molecule has 0 unspecified atom stereocenters. The lowest BCUT2D eigenvalue weighted by atomic mass is 10.0. The molecular formula is C15H22N2O5. The first-order valence-electron chi connectivity index (χ1n) is 7.31. The molecule has 1 aromatic carbocycles. The van der Waals surface area contributed by atoms with Gasteiger partial charge in [-0.1, -0.05) is 0 Å². The molecule has 0 radical (unpaired) electrons. The molecule has 7 nitrogen and oxygen atoms in total. The number of benzene rings is 1. The third-order valence-corrected chi connectivity index (χ3v) is 4.02. The molecule has 0 atom stereocenters. The summed E-state index contributed by atoms with van der Waals surface area (Å²) in [6.45, 7) is 3.90. The van der Waals surface area contributed by atoms with Crippen LogP contribution in [0, 0.1) is 10.1 Å². The van der Waals surface area contributed by atoms with Gasteiger partial charge < -0.3 is 19.1 Å². The Hall–Kier alpha value is -1.86. The zero-order valence-corrected chi connectivity index (χ0v) is 13.2. The molecule has 0 amide bonds. The van der Waals surface area contributed by atoms with E-state index in [0.717, 1.165) is 5.69 Å². The minimum absolute atomic E-state index is 0.0594. The number of nitro groups is 1.